The van der Waals surface area contributed by atoms with E-state index in [9.17, 15) is 15.3 Å². The summed E-state index contributed by atoms with van der Waals surface area (Å²) in [5.41, 5.74) is 4.58. The summed E-state index contributed by atoms with van der Waals surface area (Å²) >= 11 is 0. The standard InChI is InChI=1S/C19H23N5O4/c1-18(27)15(26)13(9-25)28-19(18,8-7-12-5-3-2-4-6-12)24-11-23-14-16(20)21-10-22-17(14)24/h2-6,10-11,13,15,25-27H,7-9H2,1H3,(H2,20,21,22)/t13-,15-,18-,19-/m1/s1. The molecule has 4 atom stereocenters. The van der Waals surface area contributed by atoms with Crippen molar-refractivity contribution in [1.29, 1.82) is 0 Å². The lowest BCUT2D eigenvalue weighted by Gasteiger charge is -2.40. The maximum absolute atomic E-state index is 11.3. The molecule has 5 N–H and O–H groups in total. The molecule has 3 aromatic rings. The number of hydrogen-bond acceptors (Lipinski definition) is 8. The molecule has 0 aliphatic carbocycles. The maximum Gasteiger partial charge on any atom is 0.179 e. The summed E-state index contributed by atoms with van der Waals surface area (Å²) < 4.78 is 7.70. The van der Waals surface area contributed by atoms with Crippen LogP contribution < -0.4 is 5.73 Å². The van der Waals surface area contributed by atoms with Crippen LogP contribution in [0.1, 0.15) is 18.9 Å². The molecule has 28 heavy (non-hydrogen) atoms. The first-order chi connectivity index (χ1) is 13.4. The number of nitrogens with two attached hydrogens (primary N) is 1. The number of benzene rings is 1. The van der Waals surface area contributed by atoms with Crippen molar-refractivity contribution in [2.24, 2.45) is 0 Å². The monoisotopic (exact) mass is 385 g/mol. The van der Waals surface area contributed by atoms with Crippen molar-refractivity contribution in [3.05, 3.63) is 48.5 Å². The number of ether oxygens (including phenoxy) is 1. The zero-order valence-electron chi connectivity index (χ0n) is 15.4. The summed E-state index contributed by atoms with van der Waals surface area (Å²) in [6.07, 6.45) is 1.40. The van der Waals surface area contributed by atoms with E-state index in [1.165, 1.54) is 19.6 Å². The smallest absolute Gasteiger partial charge is 0.179 e. The average Bonchev–Trinajstić information content (AvgIpc) is 3.21. The molecule has 1 fully saturated rings. The first kappa shape index (κ1) is 18.8. The van der Waals surface area contributed by atoms with Crippen LogP contribution in [-0.2, 0) is 16.9 Å². The van der Waals surface area contributed by atoms with Crippen molar-refractivity contribution >= 4 is 17.0 Å². The van der Waals surface area contributed by atoms with E-state index in [4.69, 9.17) is 10.5 Å². The lowest BCUT2D eigenvalue weighted by molar-refractivity contribution is -0.190. The fourth-order valence-electron chi connectivity index (χ4n) is 3.97. The molecule has 0 spiro atoms. The summed E-state index contributed by atoms with van der Waals surface area (Å²) in [7, 11) is 0. The number of rotatable bonds is 5. The Bertz CT molecular complexity index is 977. The van der Waals surface area contributed by atoms with E-state index in [0.717, 1.165) is 5.56 Å². The first-order valence-electron chi connectivity index (χ1n) is 9.08. The van der Waals surface area contributed by atoms with Crippen LogP contribution in [0.5, 0.6) is 0 Å². The fourth-order valence-corrected chi connectivity index (χ4v) is 3.97. The van der Waals surface area contributed by atoms with Crippen LogP contribution in [0.3, 0.4) is 0 Å². The van der Waals surface area contributed by atoms with Gasteiger partial charge in [0.25, 0.3) is 0 Å². The molecule has 1 aromatic carbocycles. The number of anilines is 1. The second-order valence-electron chi connectivity index (χ2n) is 7.25. The fraction of sp³-hybridized carbons (Fsp3) is 0.421. The van der Waals surface area contributed by atoms with Gasteiger partial charge in [0.2, 0.25) is 0 Å². The molecular formula is C19H23N5O4. The second-order valence-corrected chi connectivity index (χ2v) is 7.25. The Kier molecular flexibility index (Phi) is 4.54. The average molecular weight is 385 g/mol. The SMILES string of the molecule is C[C@@]1(O)[C@H](O)[C@@H](CO)O[C@@]1(CCc1ccccc1)n1cnc2c(N)ncnc21. The molecule has 148 valence electrons. The third kappa shape index (κ3) is 2.67. The van der Waals surface area contributed by atoms with Crippen LogP contribution in [0, 0.1) is 0 Å². The molecule has 9 nitrogen and oxygen atoms in total. The Balaban J connectivity index is 1.85. The predicted molar refractivity (Wildman–Crippen MR) is 101 cm³/mol. The van der Waals surface area contributed by atoms with Crippen molar-refractivity contribution in [3.8, 4) is 0 Å². The number of aryl methyl sites for hydroxylation is 1. The maximum atomic E-state index is 11.3. The van der Waals surface area contributed by atoms with Gasteiger partial charge in [-0.2, -0.15) is 0 Å². The Morgan fingerprint density at radius 3 is 2.64 bits per heavy atom. The Morgan fingerprint density at radius 2 is 1.96 bits per heavy atom. The van der Waals surface area contributed by atoms with Gasteiger partial charge in [-0.25, -0.2) is 15.0 Å². The van der Waals surface area contributed by atoms with E-state index in [1.54, 1.807) is 4.57 Å². The molecule has 9 heteroatoms. The summed E-state index contributed by atoms with van der Waals surface area (Å²) in [6.45, 7) is 1.06. The van der Waals surface area contributed by atoms with Crippen molar-refractivity contribution in [2.45, 2.75) is 43.3 Å². The van der Waals surface area contributed by atoms with Gasteiger partial charge in [0.05, 0.1) is 12.9 Å². The highest BCUT2D eigenvalue weighted by atomic mass is 16.6. The Hall–Kier alpha value is -2.59. The molecule has 2 aromatic heterocycles. The molecule has 1 aliphatic rings. The third-order valence-corrected chi connectivity index (χ3v) is 5.59. The number of aliphatic hydroxyl groups is 3. The van der Waals surface area contributed by atoms with E-state index in [1.807, 2.05) is 30.3 Å². The van der Waals surface area contributed by atoms with E-state index >= 15 is 0 Å². The molecule has 1 saturated heterocycles. The lowest BCUT2D eigenvalue weighted by Crippen LogP contribution is -2.55. The number of hydrogen-bond donors (Lipinski definition) is 4. The summed E-state index contributed by atoms with van der Waals surface area (Å²) in [6, 6.07) is 9.74. The van der Waals surface area contributed by atoms with Gasteiger partial charge < -0.3 is 25.8 Å². The molecule has 0 bridgehead atoms. The van der Waals surface area contributed by atoms with Crippen LogP contribution in [0.25, 0.3) is 11.2 Å². The number of aromatic nitrogens is 4. The van der Waals surface area contributed by atoms with Gasteiger partial charge >= 0.3 is 0 Å². The van der Waals surface area contributed by atoms with Crippen molar-refractivity contribution in [2.75, 3.05) is 12.3 Å². The Morgan fingerprint density at radius 1 is 1.21 bits per heavy atom. The minimum atomic E-state index is -1.72. The molecule has 4 rings (SSSR count). The number of nitrogens with zero attached hydrogens (tertiary/aromatic N) is 4. The van der Waals surface area contributed by atoms with Crippen LogP contribution in [0.15, 0.2) is 43.0 Å². The number of nitrogen functional groups attached to an aromatic ring is 1. The van der Waals surface area contributed by atoms with Crippen molar-refractivity contribution < 1.29 is 20.1 Å². The molecule has 0 radical (unpaired) electrons. The van der Waals surface area contributed by atoms with Crippen LogP contribution in [-0.4, -0.2) is 59.3 Å². The lowest BCUT2D eigenvalue weighted by atomic mass is 9.83. The normalized spacial score (nSPS) is 30.1. The van der Waals surface area contributed by atoms with Crippen LogP contribution in [0.4, 0.5) is 5.82 Å². The molecule has 3 heterocycles. The van der Waals surface area contributed by atoms with Gasteiger partial charge in [0.1, 0.15) is 29.7 Å². The molecule has 1 aliphatic heterocycles. The molecular weight excluding hydrogens is 362 g/mol. The predicted octanol–water partition coefficient (Wildman–Crippen LogP) is 0.197. The van der Waals surface area contributed by atoms with E-state index < -0.39 is 30.1 Å². The highest BCUT2D eigenvalue weighted by Crippen LogP contribution is 2.47. The Labute approximate surface area is 161 Å². The minimum absolute atomic E-state index is 0.207. The largest absolute Gasteiger partial charge is 0.394 e. The second kappa shape index (κ2) is 6.78. The minimum Gasteiger partial charge on any atom is -0.394 e. The summed E-state index contributed by atoms with van der Waals surface area (Å²) in [4.78, 5) is 12.5. The van der Waals surface area contributed by atoms with Crippen LogP contribution in [0.2, 0.25) is 0 Å². The van der Waals surface area contributed by atoms with Crippen LogP contribution >= 0.6 is 0 Å². The van der Waals surface area contributed by atoms with Gasteiger partial charge in [0.15, 0.2) is 17.2 Å². The number of fused-ring (bicyclic) bond motifs is 1. The first-order valence-corrected chi connectivity index (χ1v) is 9.08. The van der Waals surface area contributed by atoms with E-state index in [0.29, 0.717) is 24.0 Å². The van der Waals surface area contributed by atoms with E-state index in [-0.39, 0.29) is 5.82 Å². The zero-order valence-corrected chi connectivity index (χ0v) is 15.4. The van der Waals surface area contributed by atoms with Crippen molar-refractivity contribution in [3.63, 3.8) is 0 Å². The van der Waals surface area contributed by atoms with Gasteiger partial charge in [-0.05, 0) is 18.9 Å². The zero-order chi connectivity index (χ0) is 19.9. The number of imidazole rings is 1. The van der Waals surface area contributed by atoms with Gasteiger partial charge in [-0.3, -0.25) is 4.57 Å². The van der Waals surface area contributed by atoms with Gasteiger partial charge in [-0.15, -0.1) is 0 Å². The summed E-state index contributed by atoms with van der Waals surface area (Å²) in [5.74, 6) is 0.207. The van der Waals surface area contributed by atoms with Crippen molar-refractivity contribution in [1.82, 2.24) is 19.5 Å². The third-order valence-electron chi connectivity index (χ3n) is 5.59. The van der Waals surface area contributed by atoms with Gasteiger partial charge in [0, 0.05) is 6.42 Å². The number of aliphatic hydroxyl groups excluding tert-OH is 2. The highest BCUT2D eigenvalue weighted by molar-refractivity contribution is 5.81. The van der Waals surface area contributed by atoms with E-state index in [2.05, 4.69) is 15.0 Å². The molecule has 0 amide bonds. The quantitative estimate of drug-likeness (QED) is 0.488. The highest BCUT2D eigenvalue weighted by Gasteiger charge is 2.63. The molecule has 0 unspecified atom stereocenters. The summed E-state index contributed by atoms with van der Waals surface area (Å²) in [5, 5.41) is 31.7. The topological polar surface area (TPSA) is 140 Å². The van der Waals surface area contributed by atoms with Gasteiger partial charge in [-0.1, -0.05) is 30.3 Å². The molecule has 0 saturated carbocycles.